The van der Waals surface area contributed by atoms with Crippen LogP contribution in [0.1, 0.15) is 0 Å². The smallest absolute Gasteiger partial charge is 0.126 e. The molecule has 0 bridgehead atoms. The minimum atomic E-state index is 0.678. The van der Waals surface area contributed by atoms with Crippen molar-refractivity contribution in [1.82, 2.24) is 4.98 Å². The molecule has 0 aliphatic heterocycles. The van der Waals surface area contributed by atoms with Crippen molar-refractivity contribution in [3.8, 4) is 16.3 Å². The molecule has 3 nitrogen and oxygen atoms in total. The van der Waals surface area contributed by atoms with Gasteiger partial charge in [-0.15, -0.1) is 11.3 Å². The van der Waals surface area contributed by atoms with Crippen LogP contribution in [0.4, 0.5) is 5.69 Å². The number of thiazole rings is 1. The van der Waals surface area contributed by atoms with Crippen LogP contribution in [0.5, 0.6) is 5.75 Å². The number of methoxy groups -OCH3 is 1. The Morgan fingerprint density at radius 2 is 2.05 bits per heavy atom. The van der Waals surface area contributed by atoms with Crippen LogP contribution in [0.3, 0.4) is 0 Å². The van der Waals surface area contributed by atoms with Gasteiger partial charge in [-0.3, -0.25) is 0 Å². The van der Waals surface area contributed by atoms with Crippen molar-refractivity contribution in [2.24, 2.45) is 0 Å². The molecular formula is C14H11BrN2OS. The molecule has 0 atom stereocenters. The van der Waals surface area contributed by atoms with Gasteiger partial charge in [-0.1, -0.05) is 15.9 Å². The third-order valence-electron chi connectivity index (χ3n) is 2.84. The SMILES string of the molecule is COc1ccc(-c2nc3cc(Br)ccc3s2)c(N)c1. The highest BCUT2D eigenvalue weighted by molar-refractivity contribution is 9.10. The van der Waals surface area contributed by atoms with E-state index in [0.29, 0.717) is 5.69 Å². The van der Waals surface area contributed by atoms with Gasteiger partial charge in [0.05, 0.1) is 17.3 Å². The van der Waals surface area contributed by atoms with Crippen LogP contribution in [-0.4, -0.2) is 12.1 Å². The topological polar surface area (TPSA) is 48.1 Å². The van der Waals surface area contributed by atoms with Gasteiger partial charge >= 0.3 is 0 Å². The van der Waals surface area contributed by atoms with E-state index in [9.17, 15) is 0 Å². The molecule has 0 amide bonds. The zero-order chi connectivity index (χ0) is 13.4. The standard InChI is InChI=1S/C14H11BrN2OS/c1-18-9-3-4-10(11(16)7-9)14-17-12-6-8(15)2-5-13(12)19-14/h2-7H,16H2,1H3. The van der Waals surface area contributed by atoms with Gasteiger partial charge < -0.3 is 10.5 Å². The maximum absolute atomic E-state index is 6.06. The van der Waals surface area contributed by atoms with E-state index >= 15 is 0 Å². The highest BCUT2D eigenvalue weighted by Gasteiger charge is 2.10. The molecule has 19 heavy (non-hydrogen) atoms. The number of nitrogens with two attached hydrogens (primary N) is 1. The lowest BCUT2D eigenvalue weighted by Crippen LogP contribution is -1.91. The summed E-state index contributed by atoms with van der Waals surface area (Å²) in [6, 6.07) is 11.7. The number of nitrogen functional groups attached to an aromatic ring is 1. The number of anilines is 1. The summed E-state index contributed by atoms with van der Waals surface area (Å²) in [6.07, 6.45) is 0. The summed E-state index contributed by atoms with van der Waals surface area (Å²) in [5.74, 6) is 0.755. The Balaban J connectivity index is 2.13. The lowest BCUT2D eigenvalue weighted by Gasteiger charge is -2.04. The number of ether oxygens (including phenoxy) is 1. The number of hydrogen-bond acceptors (Lipinski definition) is 4. The van der Waals surface area contributed by atoms with Crippen LogP contribution >= 0.6 is 27.3 Å². The number of nitrogens with zero attached hydrogens (tertiary/aromatic N) is 1. The summed E-state index contributed by atoms with van der Waals surface area (Å²) in [5.41, 5.74) is 8.66. The second kappa shape index (κ2) is 4.83. The van der Waals surface area contributed by atoms with Gasteiger partial charge in [0.25, 0.3) is 0 Å². The molecule has 5 heteroatoms. The average molecular weight is 335 g/mol. The van der Waals surface area contributed by atoms with Gasteiger partial charge in [0.1, 0.15) is 10.8 Å². The molecule has 0 spiro atoms. The first-order valence-electron chi connectivity index (χ1n) is 5.67. The minimum Gasteiger partial charge on any atom is -0.497 e. The van der Waals surface area contributed by atoms with Crippen LogP contribution < -0.4 is 10.5 Å². The molecule has 0 fully saturated rings. The Kier molecular flexibility index (Phi) is 3.16. The van der Waals surface area contributed by atoms with Crippen molar-refractivity contribution in [2.45, 2.75) is 0 Å². The molecule has 1 aromatic heterocycles. The van der Waals surface area contributed by atoms with E-state index in [1.165, 1.54) is 0 Å². The van der Waals surface area contributed by atoms with E-state index in [1.54, 1.807) is 18.4 Å². The monoisotopic (exact) mass is 334 g/mol. The van der Waals surface area contributed by atoms with Gasteiger partial charge in [-0.25, -0.2) is 4.98 Å². The molecule has 0 unspecified atom stereocenters. The van der Waals surface area contributed by atoms with E-state index < -0.39 is 0 Å². The van der Waals surface area contributed by atoms with Gasteiger partial charge in [0.2, 0.25) is 0 Å². The van der Waals surface area contributed by atoms with Crippen LogP contribution in [0.2, 0.25) is 0 Å². The number of halogens is 1. The Morgan fingerprint density at radius 3 is 2.79 bits per heavy atom. The molecule has 0 saturated carbocycles. The van der Waals surface area contributed by atoms with Crippen molar-refractivity contribution in [1.29, 1.82) is 0 Å². The van der Waals surface area contributed by atoms with E-state index in [2.05, 4.69) is 27.0 Å². The largest absolute Gasteiger partial charge is 0.497 e. The van der Waals surface area contributed by atoms with Gasteiger partial charge in [-0.2, -0.15) is 0 Å². The van der Waals surface area contributed by atoms with E-state index in [4.69, 9.17) is 10.5 Å². The van der Waals surface area contributed by atoms with Crippen molar-refractivity contribution in [2.75, 3.05) is 12.8 Å². The van der Waals surface area contributed by atoms with Crippen molar-refractivity contribution >= 4 is 43.2 Å². The molecule has 0 aliphatic carbocycles. The zero-order valence-electron chi connectivity index (χ0n) is 10.2. The van der Waals surface area contributed by atoms with Gasteiger partial charge in [0, 0.05) is 21.8 Å². The molecule has 96 valence electrons. The summed E-state index contributed by atoms with van der Waals surface area (Å²) in [6.45, 7) is 0. The average Bonchev–Trinajstić information content (AvgIpc) is 2.81. The van der Waals surface area contributed by atoms with Crippen molar-refractivity contribution < 1.29 is 4.74 Å². The fourth-order valence-corrected chi connectivity index (χ4v) is 3.22. The lowest BCUT2D eigenvalue weighted by atomic mass is 10.2. The summed E-state index contributed by atoms with van der Waals surface area (Å²) in [4.78, 5) is 4.63. The van der Waals surface area contributed by atoms with Gasteiger partial charge in [0.15, 0.2) is 0 Å². The number of fused-ring (bicyclic) bond motifs is 1. The second-order valence-electron chi connectivity index (χ2n) is 4.08. The first-order chi connectivity index (χ1) is 9.17. The normalized spacial score (nSPS) is 10.8. The van der Waals surface area contributed by atoms with E-state index in [1.807, 2.05) is 30.3 Å². The third kappa shape index (κ3) is 2.31. The Morgan fingerprint density at radius 1 is 1.21 bits per heavy atom. The molecule has 1 heterocycles. The molecule has 3 aromatic rings. The number of hydrogen-bond donors (Lipinski definition) is 1. The lowest BCUT2D eigenvalue weighted by molar-refractivity contribution is 0.415. The Bertz CT molecular complexity index is 754. The van der Waals surface area contributed by atoms with Crippen molar-refractivity contribution in [3.05, 3.63) is 40.9 Å². The summed E-state index contributed by atoms with van der Waals surface area (Å²) in [5, 5.41) is 0.924. The van der Waals surface area contributed by atoms with Crippen LogP contribution in [-0.2, 0) is 0 Å². The number of rotatable bonds is 2. The number of benzene rings is 2. The maximum atomic E-state index is 6.06. The van der Waals surface area contributed by atoms with E-state index in [0.717, 1.165) is 31.0 Å². The highest BCUT2D eigenvalue weighted by atomic mass is 79.9. The Hall–Kier alpha value is -1.59. The maximum Gasteiger partial charge on any atom is 0.126 e. The molecular weight excluding hydrogens is 324 g/mol. The van der Waals surface area contributed by atoms with Crippen LogP contribution in [0.15, 0.2) is 40.9 Å². The molecule has 3 rings (SSSR count). The molecule has 0 aliphatic rings. The quantitative estimate of drug-likeness (QED) is 0.710. The molecule has 0 radical (unpaired) electrons. The van der Waals surface area contributed by atoms with Crippen LogP contribution in [0.25, 0.3) is 20.8 Å². The predicted octanol–water partition coefficient (Wildman–Crippen LogP) is 4.32. The summed E-state index contributed by atoms with van der Waals surface area (Å²) >= 11 is 5.09. The fourth-order valence-electron chi connectivity index (χ4n) is 1.88. The predicted molar refractivity (Wildman–Crippen MR) is 83.7 cm³/mol. The second-order valence-corrected chi connectivity index (χ2v) is 6.03. The first kappa shape index (κ1) is 12.4. The molecule has 2 aromatic carbocycles. The first-order valence-corrected chi connectivity index (χ1v) is 7.28. The van der Waals surface area contributed by atoms with Gasteiger partial charge in [-0.05, 0) is 30.3 Å². The zero-order valence-corrected chi connectivity index (χ0v) is 12.6. The molecule has 0 saturated heterocycles. The third-order valence-corrected chi connectivity index (χ3v) is 4.40. The summed E-state index contributed by atoms with van der Waals surface area (Å²) in [7, 11) is 1.63. The highest BCUT2D eigenvalue weighted by Crippen LogP contribution is 2.35. The Labute approximate surface area is 123 Å². The van der Waals surface area contributed by atoms with Crippen LogP contribution in [0, 0.1) is 0 Å². The van der Waals surface area contributed by atoms with E-state index in [-0.39, 0.29) is 0 Å². The fraction of sp³-hybridized carbons (Fsp3) is 0.0714. The number of aromatic nitrogens is 1. The minimum absolute atomic E-state index is 0.678. The molecule has 2 N–H and O–H groups in total. The van der Waals surface area contributed by atoms with Crippen molar-refractivity contribution in [3.63, 3.8) is 0 Å². The summed E-state index contributed by atoms with van der Waals surface area (Å²) < 4.78 is 7.33.